The van der Waals surface area contributed by atoms with Crippen molar-refractivity contribution in [3.05, 3.63) is 58.6 Å². The summed E-state index contributed by atoms with van der Waals surface area (Å²) in [5, 5.41) is 14.0. The number of nitro benzene ring substituents is 1. The molecule has 0 aliphatic carbocycles. The van der Waals surface area contributed by atoms with Crippen molar-refractivity contribution >= 4 is 32.8 Å². The molecule has 1 saturated heterocycles. The Labute approximate surface area is 150 Å². The molecular formula is C17H17N3O5S. The first-order chi connectivity index (χ1) is 12.3. The maximum absolute atomic E-state index is 12.6. The molecule has 9 heteroatoms. The number of hydrogen-bond acceptors (Lipinski definition) is 6. The zero-order chi connectivity index (χ0) is 18.9. The maximum atomic E-state index is 12.6. The summed E-state index contributed by atoms with van der Waals surface area (Å²) in [4.78, 5) is 24.2. The van der Waals surface area contributed by atoms with Gasteiger partial charge < -0.3 is 10.2 Å². The molecule has 0 spiro atoms. The van der Waals surface area contributed by atoms with Crippen LogP contribution in [0.15, 0.2) is 53.4 Å². The number of carbonyl (C=O) groups is 1. The summed E-state index contributed by atoms with van der Waals surface area (Å²) < 4.78 is 23.7. The highest BCUT2D eigenvalue weighted by Crippen LogP contribution is 2.29. The number of para-hydroxylation sites is 1. The van der Waals surface area contributed by atoms with Gasteiger partial charge in [0.05, 0.1) is 4.92 Å². The number of amides is 1. The minimum atomic E-state index is -3.78. The Bertz CT molecular complexity index is 960. The summed E-state index contributed by atoms with van der Waals surface area (Å²) in [6, 6.07) is 12.5. The Kier molecular flexibility index (Phi) is 4.64. The summed E-state index contributed by atoms with van der Waals surface area (Å²) in [7, 11) is -3.78. The molecule has 1 aliphatic heterocycles. The highest BCUT2D eigenvalue weighted by atomic mass is 32.2. The van der Waals surface area contributed by atoms with Crippen molar-refractivity contribution in [2.75, 3.05) is 23.0 Å². The highest BCUT2D eigenvalue weighted by molar-refractivity contribution is 7.90. The lowest BCUT2D eigenvalue weighted by atomic mass is 10.2. The Morgan fingerprint density at radius 1 is 1.19 bits per heavy atom. The third kappa shape index (κ3) is 3.52. The van der Waals surface area contributed by atoms with Crippen LogP contribution >= 0.6 is 0 Å². The van der Waals surface area contributed by atoms with Crippen molar-refractivity contribution in [1.29, 1.82) is 0 Å². The highest BCUT2D eigenvalue weighted by Gasteiger charge is 2.33. The first-order valence-corrected chi connectivity index (χ1v) is 9.78. The van der Waals surface area contributed by atoms with Gasteiger partial charge in [0.15, 0.2) is 9.84 Å². The second kappa shape index (κ2) is 6.75. The van der Waals surface area contributed by atoms with Crippen LogP contribution in [0.2, 0.25) is 0 Å². The van der Waals surface area contributed by atoms with Gasteiger partial charge in [-0.25, -0.2) is 8.42 Å². The van der Waals surface area contributed by atoms with Crippen LogP contribution in [-0.2, 0) is 14.6 Å². The van der Waals surface area contributed by atoms with E-state index in [0.717, 1.165) is 18.0 Å². The number of hydrogen-bond donors (Lipinski definition) is 1. The van der Waals surface area contributed by atoms with E-state index in [4.69, 9.17) is 0 Å². The van der Waals surface area contributed by atoms with Gasteiger partial charge in [0, 0.05) is 30.2 Å². The standard InChI is InChI=1S/C17H17N3O5S/c1-26(24,25)16-11-12(7-8-15(16)20(22)23)18-14-9-10-19(17(14)21)13-5-3-2-4-6-13/h2-8,11,14,18H,9-10H2,1H3. The van der Waals surface area contributed by atoms with Gasteiger partial charge in [-0.2, -0.15) is 0 Å². The first kappa shape index (κ1) is 17.9. The minimum Gasteiger partial charge on any atom is -0.374 e. The van der Waals surface area contributed by atoms with Crippen LogP contribution in [-0.4, -0.2) is 38.1 Å². The lowest BCUT2D eigenvalue weighted by Crippen LogP contribution is -2.33. The zero-order valence-electron chi connectivity index (χ0n) is 14.0. The van der Waals surface area contributed by atoms with E-state index >= 15 is 0 Å². The molecule has 2 aromatic carbocycles. The Hall–Kier alpha value is -2.94. The van der Waals surface area contributed by atoms with E-state index < -0.39 is 26.5 Å². The van der Waals surface area contributed by atoms with Gasteiger partial charge in [-0.3, -0.25) is 14.9 Å². The van der Waals surface area contributed by atoms with Crippen LogP contribution in [0.25, 0.3) is 0 Å². The molecule has 1 N–H and O–H groups in total. The first-order valence-electron chi connectivity index (χ1n) is 7.89. The summed E-state index contributed by atoms with van der Waals surface area (Å²) in [6.45, 7) is 0.534. The number of nitrogens with zero attached hydrogens (tertiary/aromatic N) is 2. The number of carbonyl (C=O) groups excluding carboxylic acids is 1. The van der Waals surface area contributed by atoms with Crippen molar-refractivity contribution in [2.45, 2.75) is 17.4 Å². The average Bonchev–Trinajstić information content (AvgIpc) is 2.95. The second-order valence-electron chi connectivity index (χ2n) is 6.02. The van der Waals surface area contributed by atoms with Crippen LogP contribution in [0, 0.1) is 10.1 Å². The molecule has 1 aliphatic rings. The topological polar surface area (TPSA) is 110 Å². The molecule has 0 aromatic heterocycles. The molecule has 2 aromatic rings. The lowest BCUT2D eigenvalue weighted by molar-refractivity contribution is -0.387. The SMILES string of the molecule is CS(=O)(=O)c1cc(NC2CCN(c3ccccc3)C2=O)ccc1[N+](=O)[O-]. The number of rotatable bonds is 5. The molecule has 1 heterocycles. The van der Waals surface area contributed by atoms with Crippen molar-refractivity contribution in [3.63, 3.8) is 0 Å². The predicted octanol–water partition coefficient (Wildman–Crippen LogP) is 2.22. The van der Waals surface area contributed by atoms with Crippen LogP contribution in [0.5, 0.6) is 0 Å². The molecule has 8 nitrogen and oxygen atoms in total. The van der Waals surface area contributed by atoms with Crippen LogP contribution in [0.1, 0.15) is 6.42 Å². The second-order valence-corrected chi connectivity index (χ2v) is 8.01. The van der Waals surface area contributed by atoms with Crippen molar-refractivity contribution < 1.29 is 18.1 Å². The van der Waals surface area contributed by atoms with E-state index in [0.29, 0.717) is 18.7 Å². The van der Waals surface area contributed by atoms with Gasteiger partial charge in [-0.1, -0.05) is 18.2 Å². The van der Waals surface area contributed by atoms with Crippen LogP contribution in [0.4, 0.5) is 17.1 Å². The monoisotopic (exact) mass is 375 g/mol. The number of anilines is 2. The molecule has 136 valence electrons. The lowest BCUT2D eigenvalue weighted by Gasteiger charge is -2.18. The number of nitrogens with one attached hydrogen (secondary N) is 1. The molecule has 1 fully saturated rings. The third-order valence-corrected chi connectivity index (χ3v) is 5.30. The van der Waals surface area contributed by atoms with Gasteiger partial charge >= 0.3 is 0 Å². The van der Waals surface area contributed by atoms with Gasteiger partial charge in [0.25, 0.3) is 5.69 Å². The van der Waals surface area contributed by atoms with Crippen molar-refractivity contribution in [1.82, 2.24) is 0 Å². The molecule has 1 atom stereocenters. The summed E-state index contributed by atoms with van der Waals surface area (Å²) in [5.74, 6) is -0.129. The number of nitro groups is 1. The molecular weight excluding hydrogens is 358 g/mol. The van der Waals surface area contributed by atoms with Crippen molar-refractivity contribution in [2.24, 2.45) is 0 Å². The quantitative estimate of drug-likeness (QED) is 0.634. The Morgan fingerprint density at radius 3 is 2.50 bits per heavy atom. The maximum Gasteiger partial charge on any atom is 0.288 e. The van der Waals surface area contributed by atoms with E-state index in [1.165, 1.54) is 12.1 Å². The molecule has 3 rings (SSSR count). The average molecular weight is 375 g/mol. The van der Waals surface area contributed by atoms with E-state index in [2.05, 4.69) is 5.32 Å². The summed E-state index contributed by atoms with van der Waals surface area (Å²) in [5.41, 5.74) is 0.660. The number of sulfone groups is 1. The van der Waals surface area contributed by atoms with Crippen LogP contribution < -0.4 is 10.2 Å². The van der Waals surface area contributed by atoms with Crippen molar-refractivity contribution in [3.8, 4) is 0 Å². The zero-order valence-corrected chi connectivity index (χ0v) is 14.8. The van der Waals surface area contributed by atoms with Crippen LogP contribution in [0.3, 0.4) is 0 Å². The molecule has 0 radical (unpaired) electrons. The van der Waals surface area contributed by atoms with E-state index in [1.54, 1.807) is 4.90 Å². The summed E-state index contributed by atoms with van der Waals surface area (Å²) >= 11 is 0. The molecule has 0 bridgehead atoms. The fourth-order valence-electron chi connectivity index (χ4n) is 2.93. The number of benzene rings is 2. The Morgan fingerprint density at radius 2 is 1.88 bits per heavy atom. The fraction of sp³-hybridized carbons (Fsp3) is 0.235. The van der Waals surface area contributed by atoms with Gasteiger partial charge in [0.1, 0.15) is 10.9 Å². The third-order valence-electron chi connectivity index (χ3n) is 4.17. The van der Waals surface area contributed by atoms with Gasteiger partial charge in [0.2, 0.25) is 5.91 Å². The fourth-order valence-corrected chi connectivity index (χ4v) is 3.79. The largest absolute Gasteiger partial charge is 0.374 e. The van der Waals surface area contributed by atoms with E-state index in [1.807, 2.05) is 30.3 Å². The molecule has 0 saturated carbocycles. The predicted molar refractivity (Wildman–Crippen MR) is 97.0 cm³/mol. The van der Waals surface area contributed by atoms with Gasteiger partial charge in [-0.15, -0.1) is 0 Å². The molecule has 26 heavy (non-hydrogen) atoms. The van der Waals surface area contributed by atoms with E-state index in [-0.39, 0.29) is 10.8 Å². The smallest absolute Gasteiger partial charge is 0.288 e. The Balaban J connectivity index is 1.84. The van der Waals surface area contributed by atoms with E-state index in [9.17, 15) is 23.3 Å². The summed E-state index contributed by atoms with van der Waals surface area (Å²) in [6.07, 6.45) is 1.45. The molecule has 1 unspecified atom stereocenters. The molecule has 1 amide bonds. The normalized spacial score (nSPS) is 17.3. The van der Waals surface area contributed by atoms with Gasteiger partial charge in [-0.05, 0) is 30.7 Å². The minimum absolute atomic E-state index is 0.129.